The number of nitrogens with two attached hydrogens (primary N) is 1. The second-order valence-corrected chi connectivity index (χ2v) is 10.4. The molecule has 0 amide bonds. The molecule has 0 spiro atoms. The molecular weight excluding hydrogens is 406 g/mol. The highest BCUT2D eigenvalue weighted by Crippen LogP contribution is 2.45. The first-order chi connectivity index (χ1) is 13.5. The molecule has 0 radical (unpaired) electrons. The van der Waals surface area contributed by atoms with Crippen molar-refractivity contribution in [1.29, 1.82) is 0 Å². The molecule has 0 fully saturated rings. The largest absolute Gasteiger partial charge is 0.397 e. The average Bonchev–Trinajstić information content (AvgIpc) is 3.34. The molecule has 8 heteroatoms. The summed E-state index contributed by atoms with van der Waals surface area (Å²) in [6.07, 6.45) is 6.18. The van der Waals surface area contributed by atoms with Crippen molar-refractivity contribution in [2.75, 3.05) is 11.5 Å². The Morgan fingerprint density at radius 3 is 2.64 bits per heavy atom. The summed E-state index contributed by atoms with van der Waals surface area (Å²) in [6.45, 7) is 6.29. The van der Waals surface area contributed by atoms with Gasteiger partial charge in [0.2, 0.25) is 0 Å². The van der Waals surface area contributed by atoms with Gasteiger partial charge in [-0.25, -0.2) is 15.0 Å². The number of hydrogen-bond acceptors (Lipinski definition) is 7. The standard InChI is InChI=1S/C20H23N5S3/c1-5-6-7-26-20-17(21)16-13(15-10-22-12(3)25(15)4)8-14(24-19(16)28-20)18-23-9-11(2)27-18/h8-10H,5-7,21H2,1-4H3. The first kappa shape index (κ1) is 19.4. The molecule has 0 atom stereocenters. The highest BCUT2D eigenvalue weighted by atomic mass is 32.2. The smallest absolute Gasteiger partial charge is 0.142 e. The van der Waals surface area contributed by atoms with Gasteiger partial charge in [-0.15, -0.1) is 34.4 Å². The SMILES string of the molecule is CCCCSc1sc2nc(-c3ncc(C)s3)cc(-c3cnc(C)n3C)c2c1N. The third-order valence-corrected chi connectivity index (χ3v) is 8.14. The van der Waals surface area contributed by atoms with E-state index < -0.39 is 0 Å². The van der Waals surface area contributed by atoms with Crippen molar-refractivity contribution < 1.29 is 0 Å². The summed E-state index contributed by atoms with van der Waals surface area (Å²) >= 11 is 5.18. The molecule has 4 rings (SSSR count). The Morgan fingerprint density at radius 1 is 1.18 bits per heavy atom. The molecule has 0 saturated heterocycles. The Labute approximate surface area is 177 Å². The molecule has 4 aromatic heterocycles. The van der Waals surface area contributed by atoms with Crippen molar-refractivity contribution in [3.8, 4) is 22.0 Å². The molecule has 0 unspecified atom stereocenters. The summed E-state index contributed by atoms with van der Waals surface area (Å²) < 4.78 is 3.26. The second-order valence-electron chi connectivity index (χ2n) is 6.77. The van der Waals surface area contributed by atoms with Crippen LogP contribution in [0.2, 0.25) is 0 Å². The molecule has 4 aromatic rings. The number of hydrogen-bond donors (Lipinski definition) is 1. The lowest BCUT2D eigenvalue weighted by Gasteiger charge is -2.08. The summed E-state index contributed by atoms with van der Waals surface area (Å²) in [7, 11) is 2.04. The van der Waals surface area contributed by atoms with Crippen molar-refractivity contribution in [2.45, 2.75) is 37.8 Å². The van der Waals surface area contributed by atoms with E-state index in [4.69, 9.17) is 10.7 Å². The molecular formula is C20H23N5S3. The molecule has 2 N–H and O–H groups in total. The van der Waals surface area contributed by atoms with Crippen LogP contribution in [0.5, 0.6) is 0 Å². The van der Waals surface area contributed by atoms with E-state index in [0.29, 0.717) is 0 Å². The number of unbranched alkanes of at least 4 members (excludes halogenated alkanes) is 1. The van der Waals surface area contributed by atoms with Crippen LogP contribution in [0.1, 0.15) is 30.5 Å². The third kappa shape index (κ3) is 3.44. The van der Waals surface area contributed by atoms with Gasteiger partial charge in [0.25, 0.3) is 0 Å². The van der Waals surface area contributed by atoms with Crippen molar-refractivity contribution in [2.24, 2.45) is 7.05 Å². The van der Waals surface area contributed by atoms with Gasteiger partial charge < -0.3 is 10.3 Å². The first-order valence-electron chi connectivity index (χ1n) is 9.27. The summed E-state index contributed by atoms with van der Waals surface area (Å²) in [5.41, 5.74) is 10.5. The summed E-state index contributed by atoms with van der Waals surface area (Å²) in [6, 6.07) is 2.11. The van der Waals surface area contributed by atoms with Gasteiger partial charge in [0, 0.05) is 29.1 Å². The number of aromatic nitrogens is 4. The van der Waals surface area contributed by atoms with E-state index in [1.165, 1.54) is 17.7 Å². The van der Waals surface area contributed by atoms with Gasteiger partial charge in [-0.3, -0.25) is 0 Å². The Morgan fingerprint density at radius 2 is 2.00 bits per heavy atom. The second kappa shape index (κ2) is 7.85. The monoisotopic (exact) mass is 429 g/mol. The maximum absolute atomic E-state index is 6.62. The van der Waals surface area contributed by atoms with Crippen LogP contribution in [-0.2, 0) is 7.05 Å². The van der Waals surface area contributed by atoms with E-state index in [0.717, 1.165) is 53.6 Å². The Hall–Kier alpha value is -1.90. The van der Waals surface area contributed by atoms with Gasteiger partial charge >= 0.3 is 0 Å². The molecule has 0 bridgehead atoms. The first-order valence-corrected chi connectivity index (χ1v) is 11.9. The molecule has 0 aliphatic carbocycles. The fraction of sp³-hybridized carbons (Fsp3) is 0.350. The fourth-order valence-corrected chi connectivity index (χ4v) is 6.23. The zero-order valence-electron chi connectivity index (χ0n) is 16.4. The third-order valence-electron chi connectivity index (χ3n) is 4.73. The van der Waals surface area contributed by atoms with E-state index in [2.05, 4.69) is 34.4 Å². The predicted molar refractivity (Wildman–Crippen MR) is 122 cm³/mol. The van der Waals surface area contributed by atoms with Crippen LogP contribution in [0.4, 0.5) is 5.69 Å². The number of fused-ring (bicyclic) bond motifs is 1. The van der Waals surface area contributed by atoms with Crippen LogP contribution < -0.4 is 5.73 Å². The average molecular weight is 430 g/mol. The highest BCUT2D eigenvalue weighted by Gasteiger charge is 2.20. The lowest BCUT2D eigenvalue weighted by molar-refractivity contribution is 0.865. The van der Waals surface area contributed by atoms with E-state index in [9.17, 15) is 0 Å². The van der Waals surface area contributed by atoms with Crippen LogP contribution in [0.25, 0.3) is 32.2 Å². The Balaban J connectivity index is 1.93. The number of thiazole rings is 1. The minimum absolute atomic E-state index is 0.837. The number of thioether (sulfide) groups is 1. The van der Waals surface area contributed by atoms with E-state index in [1.54, 1.807) is 22.7 Å². The van der Waals surface area contributed by atoms with Crippen molar-refractivity contribution in [3.05, 3.63) is 29.2 Å². The van der Waals surface area contributed by atoms with Gasteiger partial charge in [-0.1, -0.05) is 13.3 Å². The van der Waals surface area contributed by atoms with Crippen LogP contribution in [0, 0.1) is 13.8 Å². The minimum Gasteiger partial charge on any atom is -0.397 e. The number of rotatable bonds is 6. The van der Waals surface area contributed by atoms with E-state index >= 15 is 0 Å². The van der Waals surface area contributed by atoms with Crippen molar-refractivity contribution in [3.63, 3.8) is 0 Å². The van der Waals surface area contributed by atoms with Crippen LogP contribution in [0.15, 0.2) is 22.7 Å². The quantitative estimate of drug-likeness (QED) is 0.305. The van der Waals surface area contributed by atoms with Gasteiger partial charge in [0.15, 0.2) is 0 Å². The van der Waals surface area contributed by atoms with Crippen LogP contribution in [-0.4, -0.2) is 25.3 Å². The van der Waals surface area contributed by atoms with Crippen molar-refractivity contribution in [1.82, 2.24) is 19.5 Å². The number of aryl methyl sites for hydroxylation is 2. The molecule has 0 aliphatic heterocycles. The molecule has 28 heavy (non-hydrogen) atoms. The van der Waals surface area contributed by atoms with Gasteiger partial charge in [-0.2, -0.15) is 0 Å². The van der Waals surface area contributed by atoms with E-state index in [1.807, 2.05) is 38.1 Å². The lowest BCUT2D eigenvalue weighted by Crippen LogP contribution is -1.97. The molecule has 0 aliphatic rings. The number of thiophene rings is 1. The summed E-state index contributed by atoms with van der Waals surface area (Å²) in [4.78, 5) is 16.1. The molecule has 0 saturated carbocycles. The highest BCUT2D eigenvalue weighted by molar-refractivity contribution is 8.01. The normalized spacial score (nSPS) is 11.6. The molecule has 0 aromatic carbocycles. The topological polar surface area (TPSA) is 69.6 Å². The maximum atomic E-state index is 6.62. The minimum atomic E-state index is 0.837. The van der Waals surface area contributed by atoms with Crippen LogP contribution >= 0.6 is 34.4 Å². The van der Waals surface area contributed by atoms with Gasteiger partial charge in [0.05, 0.1) is 21.8 Å². The fourth-order valence-electron chi connectivity index (χ4n) is 3.05. The predicted octanol–water partition coefficient (Wildman–Crippen LogP) is 5.91. The maximum Gasteiger partial charge on any atom is 0.142 e. The zero-order valence-corrected chi connectivity index (χ0v) is 18.9. The number of imidazole rings is 1. The Kier molecular flexibility index (Phi) is 5.44. The number of anilines is 1. The summed E-state index contributed by atoms with van der Waals surface area (Å²) in [5, 5.41) is 1.97. The molecule has 4 heterocycles. The number of pyridine rings is 1. The summed E-state index contributed by atoms with van der Waals surface area (Å²) in [5.74, 6) is 2.05. The molecule has 146 valence electrons. The molecule has 5 nitrogen and oxygen atoms in total. The lowest BCUT2D eigenvalue weighted by atomic mass is 10.1. The zero-order chi connectivity index (χ0) is 19.8. The van der Waals surface area contributed by atoms with Gasteiger partial charge in [-0.05, 0) is 32.1 Å². The number of nitrogens with zero attached hydrogens (tertiary/aromatic N) is 4. The van der Waals surface area contributed by atoms with Crippen LogP contribution in [0.3, 0.4) is 0 Å². The number of nitrogen functional groups attached to an aromatic ring is 1. The Bertz CT molecular complexity index is 1140. The van der Waals surface area contributed by atoms with E-state index in [-0.39, 0.29) is 0 Å². The van der Waals surface area contributed by atoms with Crippen molar-refractivity contribution >= 4 is 50.3 Å². The van der Waals surface area contributed by atoms with Gasteiger partial charge in [0.1, 0.15) is 21.4 Å².